The summed E-state index contributed by atoms with van der Waals surface area (Å²) in [6.07, 6.45) is 1.02. The van der Waals surface area contributed by atoms with E-state index in [9.17, 15) is 9.90 Å². The molecule has 0 amide bonds. The fourth-order valence-corrected chi connectivity index (χ4v) is 3.39. The van der Waals surface area contributed by atoms with Crippen LogP contribution in [0, 0.1) is 0 Å². The summed E-state index contributed by atoms with van der Waals surface area (Å²) >= 11 is 8.06. The Labute approximate surface area is 133 Å². The number of ether oxygens (including phenoxy) is 2. The summed E-state index contributed by atoms with van der Waals surface area (Å²) in [7, 11) is 0. The highest BCUT2D eigenvalue weighted by Crippen LogP contribution is 2.31. The second-order valence-electron chi connectivity index (χ2n) is 4.80. The fraction of sp³-hybridized carbons (Fsp3) is 0.533. The number of aliphatic hydroxyl groups is 1. The van der Waals surface area contributed by atoms with E-state index in [2.05, 4.69) is 0 Å². The third-order valence-electron chi connectivity index (χ3n) is 3.19. The van der Waals surface area contributed by atoms with Gasteiger partial charge in [-0.05, 0) is 43.2 Å². The fourth-order valence-electron chi connectivity index (χ4n) is 2.12. The molecule has 116 valence electrons. The molecule has 1 N–H and O–H groups in total. The van der Waals surface area contributed by atoms with Crippen LogP contribution in [0.1, 0.15) is 31.4 Å². The number of hydrogen-bond acceptors (Lipinski definition) is 5. The second-order valence-corrected chi connectivity index (χ2v) is 6.36. The van der Waals surface area contributed by atoms with Crippen molar-refractivity contribution >= 4 is 29.3 Å². The maximum atomic E-state index is 11.5. The van der Waals surface area contributed by atoms with Gasteiger partial charge in [-0.1, -0.05) is 17.7 Å². The first-order valence-electron chi connectivity index (χ1n) is 7.00. The van der Waals surface area contributed by atoms with Crippen molar-refractivity contribution in [1.82, 2.24) is 0 Å². The van der Waals surface area contributed by atoms with Crippen molar-refractivity contribution in [2.75, 3.05) is 18.1 Å². The molecular formula is C15H19ClO4S. The van der Waals surface area contributed by atoms with Gasteiger partial charge in [-0.15, -0.1) is 0 Å². The lowest BCUT2D eigenvalue weighted by atomic mass is 10.1. The monoisotopic (exact) mass is 330 g/mol. The molecule has 2 unspecified atom stereocenters. The number of carbonyl (C=O) groups excluding carboxylic acids is 1. The topological polar surface area (TPSA) is 55.8 Å². The molecule has 0 radical (unpaired) electrons. The largest absolute Gasteiger partial charge is 0.488 e. The summed E-state index contributed by atoms with van der Waals surface area (Å²) in [6.45, 7) is 1.92. The Hall–Kier alpha value is -0.910. The zero-order valence-electron chi connectivity index (χ0n) is 11.9. The van der Waals surface area contributed by atoms with E-state index in [1.165, 1.54) is 5.75 Å². The van der Waals surface area contributed by atoms with Gasteiger partial charge in [-0.3, -0.25) is 0 Å². The van der Waals surface area contributed by atoms with Crippen molar-refractivity contribution in [2.45, 2.75) is 32.0 Å². The Morgan fingerprint density at radius 3 is 3.00 bits per heavy atom. The summed E-state index contributed by atoms with van der Waals surface area (Å²) in [6, 6.07) is 4.88. The SMILES string of the molecule is CCOC(=O)C(O)c1ccc(OC2CCCSC2)c(Cl)c1. The molecule has 0 spiro atoms. The first kappa shape index (κ1) is 16.5. The van der Waals surface area contributed by atoms with Crippen molar-refractivity contribution in [3.63, 3.8) is 0 Å². The van der Waals surface area contributed by atoms with Crippen LogP contribution in [0.15, 0.2) is 18.2 Å². The number of halogens is 1. The molecule has 1 aliphatic rings. The summed E-state index contributed by atoms with van der Waals surface area (Å²) in [4.78, 5) is 11.5. The zero-order valence-corrected chi connectivity index (χ0v) is 13.5. The van der Waals surface area contributed by atoms with E-state index in [1.54, 1.807) is 25.1 Å². The lowest BCUT2D eigenvalue weighted by molar-refractivity contribution is -0.153. The van der Waals surface area contributed by atoms with Crippen LogP contribution >= 0.6 is 23.4 Å². The Balaban J connectivity index is 2.04. The molecule has 0 saturated carbocycles. The third-order valence-corrected chi connectivity index (χ3v) is 4.67. The number of benzene rings is 1. The summed E-state index contributed by atoms with van der Waals surface area (Å²) in [5.41, 5.74) is 0.406. The highest BCUT2D eigenvalue weighted by Gasteiger charge is 2.21. The first-order valence-corrected chi connectivity index (χ1v) is 8.53. The van der Waals surface area contributed by atoms with E-state index in [-0.39, 0.29) is 12.7 Å². The molecule has 1 heterocycles. The predicted octanol–water partition coefficient (Wildman–Crippen LogP) is 3.21. The zero-order chi connectivity index (χ0) is 15.2. The van der Waals surface area contributed by atoms with Gasteiger partial charge >= 0.3 is 5.97 Å². The molecule has 0 aromatic heterocycles. The van der Waals surface area contributed by atoms with Crippen LogP contribution in [0.3, 0.4) is 0 Å². The molecule has 1 aromatic carbocycles. The van der Waals surface area contributed by atoms with Crippen LogP contribution in [0.4, 0.5) is 0 Å². The molecular weight excluding hydrogens is 312 g/mol. The van der Waals surface area contributed by atoms with Crippen molar-refractivity contribution < 1.29 is 19.4 Å². The summed E-state index contributed by atoms with van der Waals surface area (Å²) < 4.78 is 10.7. The van der Waals surface area contributed by atoms with E-state index >= 15 is 0 Å². The minimum Gasteiger partial charge on any atom is -0.488 e. The molecule has 0 aliphatic carbocycles. The van der Waals surface area contributed by atoms with Crippen molar-refractivity contribution in [3.05, 3.63) is 28.8 Å². The van der Waals surface area contributed by atoms with Gasteiger partial charge in [-0.25, -0.2) is 4.79 Å². The van der Waals surface area contributed by atoms with E-state index in [0.29, 0.717) is 16.3 Å². The van der Waals surface area contributed by atoms with Crippen molar-refractivity contribution in [1.29, 1.82) is 0 Å². The number of esters is 1. The third kappa shape index (κ3) is 4.53. The minimum atomic E-state index is -1.32. The van der Waals surface area contributed by atoms with Gasteiger partial charge in [0.2, 0.25) is 0 Å². The molecule has 0 bridgehead atoms. The van der Waals surface area contributed by atoms with Crippen molar-refractivity contribution in [3.8, 4) is 5.75 Å². The lowest BCUT2D eigenvalue weighted by Gasteiger charge is -2.23. The molecule has 2 rings (SSSR count). The average molecular weight is 331 g/mol. The Kier molecular flexibility index (Phi) is 6.21. The molecule has 21 heavy (non-hydrogen) atoms. The molecule has 2 atom stereocenters. The maximum absolute atomic E-state index is 11.5. The van der Waals surface area contributed by atoms with Gasteiger partial charge in [-0.2, -0.15) is 11.8 Å². The maximum Gasteiger partial charge on any atom is 0.339 e. The number of rotatable bonds is 5. The quantitative estimate of drug-likeness (QED) is 0.840. The normalized spacial score (nSPS) is 19.9. The van der Waals surface area contributed by atoms with Gasteiger partial charge in [0.1, 0.15) is 11.9 Å². The lowest BCUT2D eigenvalue weighted by Crippen LogP contribution is -2.23. The van der Waals surface area contributed by atoms with Crippen LogP contribution < -0.4 is 4.74 Å². The number of hydrogen-bond donors (Lipinski definition) is 1. The number of carbonyl (C=O) groups is 1. The second kappa shape index (κ2) is 7.92. The Bertz CT molecular complexity index is 489. The van der Waals surface area contributed by atoms with Crippen LogP contribution in [0.2, 0.25) is 5.02 Å². The Morgan fingerprint density at radius 1 is 1.57 bits per heavy atom. The van der Waals surface area contributed by atoms with Crippen LogP contribution in [-0.2, 0) is 9.53 Å². The number of thioether (sulfide) groups is 1. The van der Waals surface area contributed by atoms with Gasteiger partial charge in [0, 0.05) is 5.75 Å². The average Bonchev–Trinajstić information content (AvgIpc) is 2.50. The summed E-state index contributed by atoms with van der Waals surface area (Å²) in [5, 5.41) is 10.3. The molecule has 1 aliphatic heterocycles. The van der Waals surface area contributed by atoms with E-state index in [1.807, 2.05) is 11.8 Å². The highest BCUT2D eigenvalue weighted by molar-refractivity contribution is 7.99. The van der Waals surface area contributed by atoms with Crippen LogP contribution in [0.25, 0.3) is 0 Å². The van der Waals surface area contributed by atoms with Crippen molar-refractivity contribution in [2.24, 2.45) is 0 Å². The molecule has 1 saturated heterocycles. The standard InChI is InChI=1S/C15H19ClO4S/c1-2-19-15(18)14(17)10-5-6-13(12(16)8-10)20-11-4-3-7-21-9-11/h5-6,8,11,14,17H,2-4,7,9H2,1H3. The molecule has 1 fully saturated rings. The smallest absolute Gasteiger partial charge is 0.339 e. The molecule has 4 nitrogen and oxygen atoms in total. The van der Waals surface area contributed by atoms with Crippen LogP contribution in [0.5, 0.6) is 5.75 Å². The van der Waals surface area contributed by atoms with Gasteiger partial charge in [0.05, 0.1) is 11.6 Å². The van der Waals surface area contributed by atoms with E-state index in [4.69, 9.17) is 21.1 Å². The Morgan fingerprint density at radius 2 is 2.38 bits per heavy atom. The van der Waals surface area contributed by atoms with Gasteiger partial charge < -0.3 is 14.6 Å². The molecule has 6 heteroatoms. The predicted molar refractivity (Wildman–Crippen MR) is 84.0 cm³/mol. The van der Waals surface area contributed by atoms with E-state index in [0.717, 1.165) is 18.6 Å². The van der Waals surface area contributed by atoms with Gasteiger partial charge in [0.25, 0.3) is 0 Å². The highest BCUT2D eigenvalue weighted by atomic mass is 35.5. The van der Waals surface area contributed by atoms with E-state index < -0.39 is 12.1 Å². The number of aliphatic hydroxyl groups excluding tert-OH is 1. The van der Waals surface area contributed by atoms with Gasteiger partial charge in [0.15, 0.2) is 6.10 Å². The minimum absolute atomic E-state index is 0.169. The first-order chi connectivity index (χ1) is 10.1. The summed E-state index contributed by atoms with van der Waals surface area (Å²) in [5.74, 6) is 2.05. The molecule has 1 aromatic rings. The van der Waals surface area contributed by atoms with Crippen LogP contribution in [-0.4, -0.2) is 35.3 Å².